The molecule has 0 unspecified atom stereocenters. The Morgan fingerprint density at radius 3 is 2.09 bits per heavy atom. The molecule has 7 heteroatoms. The molecule has 1 aliphatic rings. The van der Waals surface area contributed by atoms with Gasteiger partial charge in [-0.2, -0.15) is 0 Å². The van der Waals surface area contributed by atoms with Crippen molar-refractivity contribution in [3.05, 3.63) is 51.0 Å². The number of aliphatic hydroxyl groups excluding tert-OH is 1. The lowest BCUT2D eigenvalue weighted by Gasteiger charge is -2.21. The average Bonchev–Trinajstić information content (AvgIpc) is 2.47. The SMILES string of the molecule is O=C1c2c(O)cc(CO)cc2C(=O)c2c(Cl)c(O)cc(O)c21. The molecule has 0 saturated carbocycles. The van der Waals surface area contributed by atoms with Crippen molar-refractivity contribution in [2.24, 2.45) is 0 Å². The van der Waals surface area contributed by atoms with Gasteiger partial charge >= 0.3 is 0 Å². The molecule has 0 radical (unpaired) electrons. The zero-order chi connectivity index (χ0) is 16.2. The number of hydrogen-bond acceptors (Lipinski definition) is 6. The van der Waals surface area contributed by atoms with Crippen molar-refractivity contribution in [1.29, 1.82) is 0 Å². The lowest BCUT2D eigenvalue weighted by molar-refractivity contribution is 0.0973. The summed E-state index contributed by atoms with van der Waals surface area (Å²) in [7, 11) is 0. The molecule has 0 bridgehead atoms. The molecule has 112 valence electrons. The molecule has 3 rings (SSSR count). The highest BCUT2D eigenvalue weighted by atomic mass is 35.5. The van der Waals surface area contributed by atoms with Gasteiger partial charge in [0.2, 0.25) is 5.78 Å². The number of aliphatic hydroxyl groups is 1. The highest BCUT2D eigenvalue weighted by Gasteiger charge is 2.37. The van der Waals surface area contributed by atoms with Gasteiger partial charge in [0.1, 0.15) is 17.2 Å². The normalized spacial score (nSPS) is 13.0. The molecular formula is C15H9ClO6. The van der Waals surface area contributed by atoms with Crippen LogP contribution in [0.4, 0.5) is 0 Å². The van der Waals surface area contributed by atoms with Crippen LogP contribution < -0.4 is 0 Å². The van der Waals surface area contributed by atoms with Gasteiger partial charge in [0, 0.05) is 11.6 Å². The van der Waals surface area contributed by atoms with Gasteiger partial charge in [-0.25, -0.2) is 0 Å². The van der Waals surface area contributed by atoms with Crippen molar-refractivity contribution in [2.45, 2.75) is 6.61 Å². The highest BCUT2D eigenvalue weighted by molar-refractivity contribution is 6.40. The predicted octanol–water partition coefficient (Wildman–Crippen LogP) is 1.72. The molecule has 0 aliphatic heterocycles. The summed E-state index contributed by atoms with van der Waals surface area (Å²) in [5.74, 6) is -3.14. The first-order chi connectivity index (χ1) is 10.4. The van der Waals surface area contributed by atoms with Crippen LogP contribution in [-0.2, 0) is 6.61 Å². The molecule has 4 N–H and O–H groups in total. The summed E-state index contributed by atoms with van der Waals surface area (Å²) >= 11 is 5.88. The molecule has 0 spiro atoms. The molecule has 1 aliphatic carbocycles. The predicted molar refractivity (Wildman–Crippen MR) is 75.7 cm³/mol. The second-order valence-electron chi connectivity index (χ2n) is 4.83. The minimum absolute atomic E-state index is 0.145. The van der Waals surface area contributed by atoms with Gasteiger partial charge < -0.3 is 20.4 Å². The minimum atomic E-state index is -0.786. The van der Waals surface area contributed by atoms with E-state index in [-0.39, 0.29) is 32.8 Å². The van der Waals surface area contributed by atoms with E-state index < -0.39 is 35.4 Å². The van der Waals surface area contributed by atoms with Crippen LogP contribution in [0.25, 0.3) is 0 Å². The number of hydrogen-bond donors (Lipinski definition) is 4. The molecule has 0 atom stereocenters. The van der Waals surface area contributed by atoms with Crippen LogP contribution in [0.5, 0.6) is 17.2 Å². The van der Waals surface area contributed by atoms with Crippen molar-refractivity contribution in [1.82, 2.24) is 0 Å². The third-order valence-corrected chi connectivity index (χ3v) is 3.89. The smallest absolute Gasteiger partial charge is 0.202 e. The van der Waals surface area contributed by atoms with Gasteiger partial charge in [0.15, 0.2) is 5.78 Å². The highest BCUT2D eigenvalue weighted by Crippen LogP contribution is 2.43. The number of halogens is 1. The number of benzene rings is 2. The maximum atomic E-state index is 12.5. The molecule has 0 saturated heterocycles. The van der Waals surface area contributed by atoms with Crippen LogP contribution in [0.3, 0.4) is 0 Å². The number of aromatic hydroxyl groups is 3. The van der Waals surface area contributed by atoms with E-state index in [0.717, 1.165) is 12.1 Å². The van der Waals surface area contributed by atoms with E-state index in [1.165, 1.54) is 6.07 Å². The lowest BCUT2D eigenvalue weighted by Crippen LogP contribution is -2.22. The minimum Gasteiger partial charge on any atom is -0.507 e. The molecular weight excluding hydrogens is 312 g/mol. The lowest BCUT2D eigenvalue weighted by atomic mass is 9.82. The summed E-state index contributed by atoms with van der Waals surface area (Å²) in [4.78, 5) is 25.0. The van der Waals surface area contributed by atoms with E-state index in [4.69, 9.17) is 16.7 Å². The van der Waals surface area contributed by atoms with Crippen LogP contribution >= 0.6 is 11.6 Å². The van der Waals surface area contributed by atoms with E-state index >= 15 is 0 Å². The molecule has 22 heavy (non-hydrogen) atoms. The van der Waals surface area contributed by atoms with Crippen LogP contribution in [0.2, 0.25) is 5.02 Å². The molecule has 0 amide bonds. The zero-order valence-corrected chi connectivity index (χ0v) is 11.7. The number of ketones is 2. The quantitative estimate of drug-likeness (QED) is 0.543. The van der Waals surface area contributed by atoms with Crippen LogP contribution in [-0.4, -0.2) is 32.0 Å². The van der Waals surface area contributed by atoms with E-state index in [0.29, 0.717) is 0 Å². The summed E-state index contributed by atoms with van der Waals surface area (Å²) in [5, 5.41) is 38.2. The van der Waals surface area contributed by atoms with Gasteiger partial charge in [0.05, 0.1) is 28.3 Å². The third-order valence-electron chi connectivity index (χ3n) is 3.51. The second kappa shape index (κ2) is 4.72. The summed E-state index contributed by atoms with van der Waals surface area (Å²) in [6.45, 7) is -0.436. The summed E-state index contributed by atoms with van der Waals surface area (Å²) < 4.78 is 0. The molecule has 0 fully saturated rings. The van der Waals surface area contributed by atoms with E-state index in [1.54, 1.807) is 0 Å². The Kier molecular flexibility index (Phi) is 3.09. The van der Waals surface area contributed by atoms with Crippen LogP contribution in [0.15, 0.2) is 18.2 Å². The molecule has 0 aromatic heterocycles. The number of rotatable bonds is 1. The van der Waals surface area contributed by atoms with Gasteiger partial charge in [-0.1, -0.05) is 11.6 Å². The van der Waals surface area contributed by atoms with Crippen molar-refractivity contribution in [3.8, 4) is 17.2 Å². The first kappa shape index (κ1) is 14.4. The van der Waals surface area contributed by atoms with E-state index in [9.17, 15) is 24.9 Å². The molecule has 2 aromatic rings. The number of phenolic OH excluding ortho intramolecular Hbond substituents is 3. The molecule has 0 heterocycles. The Bertz CT molecular complexity index is 856. The van der Waals surface area contributed by atoms with Crippen LogP contribution in [0.1, 0.15) is 37.4 Å². The van der Waals surface area contributed by atoms with E-state index in [2.05, 4.69) is 0 Å². The van der Waals surface area contributed by atoms with Gasteiger partial charge in [-0.3, -0.25) is 9.59 Å². The first-order valence-corrected chi connectivity index (χ1v) is 6.55. The Balaban J connectivity index is 2.40. The summed E-state index contributed by atoms with van der Waals surface area (Å²) in [5.41, 5.74) is -0.875. The number of phenols is 3. The van der Waals surface area contributed by atoms with Crippen molar-refractivity contribution in [3.63, 3.8) is 0 Å². The fourth-order valence-corrected chi connectivity index (χ4v) is 2.76. The average molecular weight is 321 g/mol. The van der Waals surface area contributed by atoms with E-state index in [1.807, 2.05) is 0 Å². The first-order valence-electron chi connectivity index (χ1n) is 6.17. The maximum Gasteiger partial charge on any atom is 0.202 e. The Morgan fingerprint density at radius 2 is 1.45 bits per heavy atom. The topological polar surface area (TPSA) is 115 Å². The molecule has 6 nitrogen and oxygen atoms in total. The molecule has 2 aromatic carbocycles. The van der Waals surface area contributed by atoms with Crippen molar-refractivity contribution >= 4 is 23.2 Å². The zero-order valence-electron chi connectivity index (χ0n) is 10.9. The fourth-order valence-electron chi connectivity index (χ4n) is 2.53. The van der Waals surface area contributed by atoms with Gasteiger partial charge in [0.25, 0.3) is 0 Å². The fraction of sp³-hybridized carbons (Fsp3) is 0.0667. The summed E-state index contributed by atoms with van der Waals surface area (Å²) in [6.07, 6.45) is 0. The number of fused-ring (bicyclic) bond motifs is 2. The second-order valence-corrected chi connectivity index (χ2v) is 5.21. The van der Waals surface area contributed by atoms with Crippen LogP contribution in [0, 0.1) is 0 Å². The third kappa shape index (κ3) is 1.78. The maximum absolute atomic E-state index is 12.5. The number of carbonyl (C=O) groups is 2. The summed E-state index contributed by atoms with van der Waals surface area (Å²) in [6, 6.07) is 3.28. The van der Waals surface area contributed by atoms with Gasteiger partial charge in [-0.05, 0) is 17.7 Å². The van der Waals surface area contributed by atoms with Crippen molar-refractivity contribution < 1.29 is 30.0 Å². The Labute approximate surface area is 128 Å². The standard InChI is InChI=1S/C15H9ClO6/c16-13-9(20)3-8(19)11-12(13)14(21)6-1-5(4-17)2-7(18)10(6)15(11)22/h1-3,17-20H,4H2. The van der Waals surface area contributed by atoms with Crippen molar-refractivity contribution in [2.75, 3.05) is 0 Å². The monoisotopic (exact) mass is 320 g/mol. The number of carbonyl (C=O) groups excluding carboxylic acids is 2. The largest absolute Gasteiger partial charge is 0.507 e. The Hall–Kier alpha value is -2.57. The Morgan fingerprint density at radius 1 is 0.818 bits per heavy atom. The van der Waals surface area contributed by atoms with Gasteiger partial charge in [-0.15, -0.1) is 0 Å².